The number of rotatable bonds is 2. The molecule has 0 unspecified atom stereocenters. The molecule has 88 valence electrons. The van der Waals surface area contributed by atoms with Crippen LogP contribution in [0.1, 0.15) is 0 Å². The lowest BCUT2D eigenvalue weighted by atomic mass is 10.1. The van der Waals surface area contributed by atoms with E-state index in [0.29, 0.717) is 5.56 Å². The van der Waals surface area contributed by atoms with Crippen LogP contribution in [0.25, 0.3) is 11.3 Å². The monoisotopic (exact) mass is 236 g/mol. The third-order valence-electron chi connectivity index (χ3n) is 2.22. The van der Waals surface area contributed by atoms with Crippen molar-refractivity contribution in [2.45, 2.75) is 0 Å². The number of nitrogens with one attached hydrogen (secondary N) is 2. The minimum atomic E-state index is -0.635. The Hall–Kier alpha value is -2.37. The molecule has 17 heavy (non-hydrogen) atoms. The van der Waals surface area contributed by atoms with Crippen molar-refractivity contribution >= 4 is 0 Å². The predicted octanol–water partition coefficient (Wildman–Crippen LogP) is 0.878. The smallest absolute Gasteiger partial charge is 0.326 e. The molecule has 0 spiro atoms. The van der Waals surface area contributed by atoms with Gasteiger partial charge in [0.05, 0.1) is 12.8 Å². The van der Waals surface area contributed by atoms with Gasteiger partial charge in [-0.05, 0) is 18.2 Å². The summed E-state index contributed by atoms with van der Waals surface area (Å²) < 4.78 is 18.2. The molecule has 0 saturated carbocycles. The molecule has 5 nitrogen and oxygen atoms in total. The molecule has 0 bridgehead atoms. The third kappa shape index (κ3) is 2.25. The van der Waals surface area contributed by atoms with E-state index in [0.717, 1.165) is 0 Å². The number of aromatic amines is 2. The summed E-state index contributed by atoms with van der Waals surface area (Å²) in [4.78, 5) is 26.6. The first-order chi connectivity index (χ1) is 8.10. The van der Waals surface area contributed by atoms with Crippen molar-refractivity contribution < 1.29 is 9.13 Å². The van der Waals surface area contributed by atoms with Crippen LogP contribution in [0.15, 0.2) is 33.9 Å². The SMILES string of the molecule is COc1ccc(-c2cc(=O)[nH]c(=O)[nH]2)cc1F. The second kappa shape index (κ2) is 4.25. The Kier molecular flexibility index (Phi) is 2.78. The van der Waals surface area contributed by atoms with Crippen LogP contribution in [0.3, 0.4) is 0 Å². The van der Waals surface area contributed by atoms with Gasteiger partial charge in [-0.2, -0.15) is 0 Å². The highest BCUT2D eigenvalue weighted by Crippen LogP contribution is 2.22. The van der Waals surface area contributed by atoms with Gasteiger partial charge in [0.1, 0.15) is 0 Å². The lowest BCUT2D eigenvalue weighted by Gasteiger charge is -2.04. The largest absolute Gasteiger partial charge is 0.494 e. The van der Waals surface area contributed by atoms with E-state index in [1.165, 1.54) is 25.3 Å². The summed E-state index contributed by atoms with van der Waals surface area (Å²) in [6, 6.07) is 5.34. The van der Waals surface area contributed by atoms with Crippen LogP contribution in [-0.2, 0) is 0 Å². The van der Waals surface area contributed by atoms with Gasteiger partial charge >= 0.3 is 5.69 Å². The standard InChI is InChI=1S/C11H9FN2O3/c1-17-9-3-2-6(4-7(9)12)8-5-10(15)14-11(16)13-8/h2-5H,1H3,(H2,13,14,15,16). The van der Waals surface area contributed by atoms with Gasteiger partial charge < -0.3 is 9.72 Å². The maximum atomic E-state index is 13.4. The number of benzene rings is 1. The molecule has 2 aromatic rings. The van der Waals surface area contributed by atoms with Crippen molar-refractivity contribution in [2.24, 2.45) is 0 Å². The fourth-order valence-electron chi connectivity index (χ4n) is 1.46. The number of methoxy groups -OCH3 is 1. The first kappa shape index (κ1) is 11.1. The Morgan fingerprint density at radius 1 is 1.18 bits per heavy atom. The summed E-state index contributed by atoms with van der Waals surface area (Å²) in [6.45, 7) is 0. The lowest BCUT2D eigenvalue weighted by Crippen LogP contribution is -2.21. The van der Waals surface area contributed by atoms with Gasteiger partial charge in [-0.25, -0.2) is 9.18 Å². The number of hydrogen-bond donors (Lipinski definition) is 2. The van der Waals surface area contributed by atoms with Crippen LogP contribution in [-0.4, -0.2) is 17.1 Å². The number of aromatic nitrogens is 2. The van der Waals surface area contributed by atoms with E-state index in [-0.39, 0.29) is 11.4 Å². The van der Waals surface area contributed by atoms with Crippen LogP contribution in [0.4, 0.5) is 4.39 Å². The summed E-state index contributed by atoms with van der Waals surface area (Å²) in [6.07, 6.45) is 0. The highest BCUT2D eigenvalue weighted by molar-refractivity contribution is 5.59. The molecule has 2 N–H and O–H groups in total. The molecule has 1 heterocycles. The molecule has 1 aromatic heterocycles. The van der Waals surface area contributed by atoms with Crippen LogP contribution < -0.4 is 16.0 Å². The first-order valence-corrected chi connectivity index (χ1v) is 4.77. The Balaban J connectivity index is 2.57. The van der Waals surface area contributed by atoms with Crippen molar-refractivity contribution in [3.05, 3.63) is 50.9 Å². The maximum Gasteiger partial charge on any atom is 0.326 e. The van der Waals surface area contributed by atoms with E-state index in [9.17, 15) is 14.0 Å². The van der Waals surface area contributed by atoms with Crippen molar-refractivity contribution in [3.8, 4) is 17.0 Å². The fraction of sp³-hybridized carbons (Fsp3) is 0.0909. The Morgan fingerprint density at radius 3 is 2.53 bits per heavy atom. The molecule has 0 atom stereocenters. The Bertz CT molecular complexity index is 632. The minimum Gasteiger partial charge on any atom is -0.494 e. The van der Waals surface area contributed by atoms with E-state index in [1.54, 1.807) is 6.07 Å². The van der Waals surface area contributed by atoms with E-state index >= 15 is 0 Å². The van der Waals surface area contributed by atoms with E-state index in [1.807, 2.05) is 4.98 Å². The van der Waals surface area contributed by atoms with E-state index < -0.39 is 17.1 Å². The van der Waals surface area contributed by atoms with Gasteiger partial charge in [0.25, 0.3) is 5.56 Å². The van der Waals surface area contributed by atoms with E-state index in [4.69, 9.17) is 4.74 Å². The molecule has 2 rings (SSSR count). The number of H-pyrrole nitrogens is 2. The average molecular weight is 236 g/mol. The van der Waals surface area contributed by atoms with Crippen molar-refractivity contribution in [1.82, 2.24) is 9.97 Å². The molecule has 0 fully saturated rings. The van der Waals surface area contributed by atoms with Crippen LogP contribution in [0.2, 0.25) is 0 Å². The summed E-state index contributed by atoms with van der Waals surface area (Å²) in [5, 5.41) is 0. The summed E-state index contributed by atoms with van der Waals surface area (Å²) in [5.74, 6) is -0.466. The third-order valence-corrected chi connectivity index (χ3v) is 2.22. The summed E-state index contributed by atoms with van der Waals surface area (Å²) in [5.41, 5.74) is -0.532. The molecule has 0 aliphatic heterocycles. The molecule has 1 aromatic carbocycles. The number of ether oxygens (including phenoxy) is 1. The van der Waals surface area contributed by atoms with Crippen molar-refractivity contribution in [1.29, 1.82) is 0 Å². The van der Waals surface area contributed by atoms with E-state index in [2.05, 4.69) is 4.98 Å². The number of halogens is 1. The minimum absolute atomic E-state index is 0.0981. The van der Waals surface area contributed by atoms with Gasteiger partial charge in [0.2, 0.25) is 0 Å². The van der Waals surface area contributed by atoms with Gasteiger partial charge in [-0.3, -0.25) is 9.78 Å². The molecule has 0 aliphatic carbocycles. The summed E-state index contributed by atoms with van der Waals surface area (Å²) in [7, 11) is 1.35. The normalized spacial score (nSPS) is 10.2. The quantitative estimate of drug-likeness (QED) is 0.812. The zero-order valence-electron chi connectivity index (χ0n) is 8.91. The highest BCUT2D eigenvalue weighted by atomic mass is 19.1. The maximum absolute atomic E-state index is 13.4. The van der Waals surface area contributed by atoms with Crippen molar-refractivity contribution in [3.63, 3.8) is 0 Å². The topological polar surface area (TPSA) is 75.0 Å². The zero-order chi connectivity index (χ0) is 12.4. The molecular weight excluding hydrogens is 227 g/mol. The van der Waals surface area contributed by atoms with Crippen LogP contribution >= 0.6 is 0 Å². The van der Waals surface area contributed by atoms with Crippen molar-refractivity contribution in [2.75, 3.05) is 7.11 Å². The predicted molar refractivity (Wildman–Crippen MR) is 59.6 cm³/mol. The fourth-order valence-corrected chi connectivity index (χ4v) is 1.46. The summed E-state index contributed by atoms with van der Waals surface area (Å²) >= 11 is 0. The zero-order valence-corrected chi connectivity index (χ0v) is 8.91. The Labute approximate surface area is 94.9 Å². The highest BCUT2D eigenvalue weighted by Gasteiger charge is 2.06. The van der Waals surface area contributed by atoms with Gasteiger partial charge in [0.15, 0.2) is 11.6 Å². The second-order valence-corrected chi connectivity index (χ2v) is 3.35. The molecule has 0 radical (unpaired) electrons. The first-order valence-electron chi connectivity index (χ1n) is 4.77. The molecule has 0 aliphatic rings. The van der Waals surface area contributed by atoms with Crippen LogP contribution in [0, 0.1) is 5.82 Å². The average Bonchev–Trinajstić information content (AvgIpc) is 2.27. The molecule has 0 saturated heterocycles. The molecular formula is C11H9FN2O3. The molecule has 6 heteroatoms. The van der Waals surface area contributed by atoms with Gasteiger partial charge in [-0.1, -0.05) is 0 Å². The lowest BCUT2D eigenvalue weighted by molar-refractivity contribution is 0.386. The van der Waals surface area contributed by atoms with Crippen LogP contribution in [0.5, 0.6) is 5.75 Å². The molecule has 0 amide bonds. The Morgan fingerprint density at radius 2 is 1.94 bits per heavy atom. The van der Waals surface area contributed by atoms with Gasteiger partial charge in [-0.15, -0.1) is 0 Å². The second-order valence-electron chi connectivity index (χ2n) is 3.35. The van der Waals surface area contributed by atoms with Gasteiger partial charge in [0, 0.05) is 11.6 Å². The number of hydrogen-bond acceptors (Lipinski definition) is 3.